The van der Waals surface area contributed by atoms with Crippen molar-refractivity contribution in [3.63, 3.8) is 0 Å². The van der Waals surface area contributed by atoms with Gasteiger partial charge >= 0.3 is 0 Å². The predicted octanol–water partition coefficient (Wildman–Crippen LogP) is 3.18. The normalized spacial score (nSPS) is 12.7. The highest BCUT2D eigenvalue weighted by Crippen LogP contribution is 2.10. The third-order valence-electron chi connectivity index (χ3n) is 4.15. The highest BCUT2D eigenvalue weighted by molar-refractivity contribution is 5.95. The molecular weight excluding hydrogens is 274 g/mol. The van der Waals surface area contributed by atoms with E-state index in [0.29, 0.717) is 0 Å². The van der Waals surface area contributed by atoms with E-state index in [0.717, 1.165) is 43.6 Å². The van der Waals surface area contributed by atoms with Crippen LogP contribution in [0.2, 0.25) is 0 Å². The topological polar surface area (TPSA) is 36.8 Å². The third kappa shape index (κ3) is 4.34. The van der Waals surface area contributed by atoms with Gasteiger partial charge in [0.25, 0.3) is 5.91 Å². The van der Waals surface area contributed by atoms with Crippen molar-refractivity contribution in [3.05, 3.63) is 42.2 Å². The summed E-state index contributed by atoms with van der Waals surface area (Å²) in [7, 11) is 0. The van der Waals surface area contributed by atoms with Gasteiger partial charge in [-0.15, -0.1) is 0 Å². The van der Waals surface area contributed by atoms with Crippen molar-refractivity contribution in [2.45, 2.75) is 39.7 Å². The van der Waals surface area contributed by atoms with E-state index in [-0.39, 0.29) is 11.9 Å². The van der Waals surface area contributed by atoms with E-state index in [1.165, 1.54) is 0 Å². The summed E-state index contributed by atoms with van der Waals surface area (Å²) in [5, 5.41) is 3.10. The molecule has 0 saturated carbocycles. The summed E-state index contributed by atoms with van der Waals surface area (Å²) in [6, 6.07) is 8.07. The molecule has 0 fully saturated rings. The molecule has 0 saturated heterocycles. The fourth-order valence-corrected chi connectivity index (χ4v) is 2.72. The Hall–Kier alpha value is -1.81. The minimum Gasteiger partial charge on any atom is -0.350 e. The Kier molecular flexibility index (Phi) is 6.01. The molecule has 2 heterocycles. The molecule has 2 rings (SSSR count). The first kappa shape index (κ1) is 16.6. The number of pyridine rings is 1. The minimum absolute atomic E-state index is 0.0130. The van der Waals surface area contributed by atoms with Gasteiger partial charge in [0, 0.05) is 24.0 Å². The van der Waals surface area contributed by atoms with Crippen LogP contribution in [0.5, 0.6) is 0 Å². The van der Waals surface area contributed by atoms with E-state index in [9.17, 15) is 4.79 Å². The van der Waals surface area contributed by atoms with Crippen molar-refractivity contribution in [2.75, 3.05) is 19.6 Å². The Labute approximate surface area is 133 Å². The maximum absolute atomic E-state index is 12.3. The first-order valence-electron chi connectivity index (χ1n) is 8.24. The molecule has 22 heavy (non-hydrogen) atoms. The molecular formula is C18H27N3O. The molecule has 2 aromatic rings. The molecule has 0 aliphatic heterocycles. The molecule has 1 N–H and O–H groups in total. The molecule has 120 valence electrons. The van der Waals surface area contributed by atoms with Gasteiger partial charge in [0.2, 0.25) is 0 Å². The van der Waals surface area contributed by atoms with Crippen LogP contribution in [0.1, 0.15) is 44.0 Å². The monoisotopic (exact) mass is 301 g/mol. The van der Waals surface area contributed by atoms with Gasteiger partial charge in [-0.25, -0.2) is 0 Å². The van der Waals surface area contributed by atoms with E-state index >= 15 is 0 Å². The van der Waals surface area contributed by atoms with Gasteiger partial charge in [-0.1, -0.05) is 19.9 Å². The molecule has 0 aliphatic carbocycles. The van der Waals surface area contributed by atoms with Crippen LogP contribution in [0.15, 0.2) is 36.7 Å². The number of carbonyl (C=O) groups is 1. The lowest BCUT2D eigenvalue weighted by molar-refractivity contribution is 0.0937. The van der Waals surface area contributed by atoms with Crippen LogP contribution in [0.25, 0.3) is 5.52 Å². The van der Waals surface area contributed by atoms with Crippen LogP contribution < -0.4 is 5.32 Å². The van der Waals surface area contributed by atoms with Crippen LogP contribution in [0.4, 0.5) is 0 Å². The average Bonchev–Trinajstić information content (AvgIpc) is 2.95. The van der Waals surface area contributed by atoms with Gasteiger partial charge in [-0.2, -0.15) is 0 Å². The third-order valence-corrected chi connectivity index (χ3v) is 4.15. The standard InChI is InChI=1S/C18H27N3O/c1-4-20(5-2)11-8-9-15(3)19-18(22)16-13-17-10-6-7-12-21(17)14-16/h6-7,10,12-15H,4-5,8-9,11H2,1-3H3,(H,19,22). The maximum atomic E-state index is 12.3. The number of carbonyl (C=O) groups excluding carboxylic acids is 1. The number of nitrogens with one attached hydrogen (secondary N) is 1. The van der Waals surface area contributed by atoms with Crippen LogP contribution >= 0.6 is 0 Å². The van der Waals surface area contributed by atoms with Crippen molar-refractivity contribution < 1.29 is 4.79 Å². The summed E-state index contributed by atoms with van der Waals surface area (Å²) < 4.78 is 1.97. The minimum atomic E-state index is 0.0130. The quantitative estimate of drug-likeness (QED) is 0.813. The largest absolute Gasteiger partial charge is 0.350 e. The second kappa shape index (κ2) is 7.99. The molecule has 1 unspecified atom stereocenters. The second-order valence-electron chi connectivity index (χ2n) is 5.81. The molecule has 4 heteroatoms. The summed E-state index contributed by atoms with van der Waals surface area (Å²) in [6.07, 6.45) is 5.96. The summed E-state index contributed by atoms with van der Waals surface area (Å²) >= 11 is 0. The van der Waals surface area contributed by atoms with Gasteiger partial charge < -0.3 is 14.6 Å². The summed E-state index contributed by atoms with van der Waals surface area (Å²) in [5.41, 5.74) is 1.77. The van der Waals surface area contributed by atoms with Gasteiger partial charge in [0.05, 0.1) is 5.56 Å². The molecule has 0 spiro atoms. The Morgan fingerprint density at radius 1 is 1.32 bits per heavy atom. The molecule has 0 aromatic carbocycles. The number of aromatic nitrogens is 1. The highest BCUT2D eigenvalue weighted by Gasteiger charge is 2.12. The molecule has 2 aromatic heterocycles. The Morgan fingerprint density at radius 3 is 2.77 bits per heavy atom. The Bertz CT molecular complexity index is 568. The summed E-state index contributed by atoms with van der Waals surface area (Å²) in [5.74, 6) is 0.0130. The van der Waals surface area contributed by atoms with Crippen molar-refractivity contribution in [2.24, 2.45) is 0 Å². The van der Waals surface area contributed by atoms with Gasteiger partial charge in [-0.3, -0.25) is 4.79 Å². The SMILES string of the molecule is CCN(CC)CCCC(C)NC(=O)c1cc2ccccn2c1. The highest BCUT2D eigenvalue weighted by atomic mass is 16.1. The maximum Gasteiger partial charge on any atom is 0.253 e. The average molecular weight is 301 g/mol. The first-order valence-corrected chi connectivity index (χ1v) is 8.24. The van der Waals surface area contributed by atoms with Crippen LogP contribution in [-0.4, -0.2) is 40.9 Å². The molecule has 1 atom stereocenters. The van der Waals surface area contributed by atoms with Crippen LogP contribution in [0, 0.1) is 0 Å². The lowest BCUT2D eigenvalue weighted by Crippen LogP contribution is -2.33. The second-order valence-corrected chi connectivity index (χ2v) is 5.81. The van der Waals surface area contributed by atoms with Crippen molar-refractivity contribution in [1.29, 1.82) is 0 Å². The number of hydrogen-bond acceptors (Lipinski definition) is 2. The smallest absolute Gasteiger partial charge is 0.253 e. The van der Waals surface area contributed by atoms with Gasteiger partial charge in [0.1, 0.15) is 0 Å². The molecule has 4 nitrogen and oxygen atoms in total. The van der Waals surface area contributed by atoms with E-state index in [4.69, 9.17) is 0 Å². The lowest BCUT2D eigenvalue weighted by atomic mass is 10.1. The fourth-order valence-electron chi connectivity index (χ4n) is 2.72. The molecule has 0 bridgehead atoms. The number of hydrogen-bond donors (Lipinski definition) is 1. The predicted molar refractivity (Wildman–Crippen MR) is 91.3 cm³/mol. The summed E-state index contributed by atoms with van der Waals surface area (Å²) in [4.78, 5) is 14.7. The Balaban J connectivity index is 1.83. The lowest BCUT2D eigenvalue weighted by Gasteiger charge is -2.19. The van der Waals surface area contributed by atoms with Crippen molar-refractivity contribution in [3.8, 4) is 0 Å². The first-order chi connectivity index (χ1) is 10.6. The zero-order chi connectivity index (χ0) is 15.9. The zero-order valence-corrected chi connectivity index (χ0v) is 13.9. The number of nitrogens with zero attached hydrogens (tertiary/aromatic N) is 2. The molecule has 0 aliphatic rings. The fraction of sp³-hybridized carbons (Fsp3) is 0.500. The van der Waals surface area contributed by atoms with E-state index in [1.807, 2.05) is 41.1 Å². The Morgan fingerprint density at radius 2 is 2.09 bits per heavy atom. The van der Waals surface area contributed by atoms with E-state index < -0.39 is 0 Å². The van der Waals surface area contributed by atoms with Crippen LogP contribution in [-0.2, 0) is 0 Å². The molecule has 0 radical (unpaired) electrons. The zero-order valence-electron chi connectivity index (χ0n) is 13.9. The van der Waals surface area contributed by atoms with Gasteiger partial charge in [0.15, 0.2) is 0 Å². The van der Waals surface area contributed by atoms with Crippen LogP contribution in [0.3, 0.4) is 0 Å². The van der Waals surface area contributed by atoms with Crippen molar-refractivity contribution in [1.82, 2.24) is 14.6 Å². The molecule has 1 amide bonds. The van der Waals surface area contributed by atoms with Crippen molar-refractivity contribution >= 4 is 11.4 Å². The number of fused-ring (bicyclic) bond motifs is 1. The summed E-state index contributed by atoms with van der Waals surface area (Å²) in [6.45, 7) is 9.74. The van der Waals surface area contributed by atoms with E-state index in [2.05, 4.69) is 31.0 Å². The number of rotatable bonds is 8. The van der Waals surface area contributed by atoms with Gasteiger partial charge in [-0.05, 0) is 57.6 Å². The number of amides is 1. The van der Waals surface area contributed by atoms with E-state index in [1.54, 1.807) is 0 Å².